The molecule has 13 heteroatoms. The second-order valence-corrected chi connectivity index (χ2v) is 7.52. The Bertz CT molecular complexity index is 1000. The Morgan fingerprint density at radius 1 is 1.11 bits per heavy atom. The van der Waals surface area contributed by atoms with Crippen molar-refractivity contribution in [1.29, 1.82) is 0 Å². The maximum Gasteiger partial charge on any atom is 0.573 e. The van der Waals surface area contributed by atoms with E-state index in [-0.39, 0.29) is 12.0 Å². The Morgan fingerprint density at radius 2 is 1.83 bits per heavy atom. The summed E-state index contributed by atoms with van der Waals surface area (Å²) in [6.07, 6.45) is -2.39. The van der Waals surface area contributed by atoms with Crippen LogP contribution in [0.15, 0.2) is 42.6 Å². The molecular weight excluding hydrogens is 471 g/mol. The predicted molar refractivity (Wildman–Crippen MR) is 119 cm³/mol. The highest BCUT2D eigenvalue weighted by molar-refractivity contribution is 5.94. The Hall–Kier alpha value is -3.87. The number of ether oxygens (including phenoxy) is 1. The van der Waals surface area contributed by atoms with E-state index in [2.05, 4.69) is 31.2 Å². The number of anilines is 1. The van der Waals surface area contributed by atoms with Crippen LogP contribution >= 0.6 is 0 Å². The number of unbranched alkanes of at least 4 members (excludes halogenated alkanes) is 1. The lowest BCUT2D eigenvalue weighted by molar-refractivity contribution is -0.274. The summed E-state index contributed by atoms with van der Waals surface area (Å²) < 4.78 is 40.6. The number of amides is 3. The van der Waals surface area contributed by atoms with Crippen molar-refractivity contribution in [2.24, 2.45) is 0 Å². The summed E-state index contributed by atoms with van der Waals surface area (Å²) in [6, 6.07) is 6.40. The van der Waals surface area contributed by atoms with Crippen molar-refractivity contribution in [3.63, 3.8) is 0 Å². The summed E-state index contributed by atoms with van der Waals surface area (Å²) in [7, 11) is 0. The normalized spacial score (nSPS) is 11.9. The molecule has 0 radical (unpaired) electrons. The van der Waals surface area contributed by atoms with Crippen molar-refractivity contribution in [2.45, 2.75) is 45.0 Å². The van der Waals surface area contributed by atoms with Crippen LogP contribution in [0.5, 0.6) is 5.75 Å². The van der Waals surface area contributed by atoms with Gasteiger partial charge in [-0.05, 0) is 55.2 Å². The molecule has 0 aliphatic heterocycles. The van der Waals surface area contributed by atoms with E-state index in [1.807, 2.05) is 19.1 Å². The van der Waals surface area contributed by atoms with Crippen molar-refractivity contribution in [3.05, 3.63) is 53.7 Å². The fourth-order valence-corrected chi connectivity index (χ4v) is 2.96. The Kier molecular flexibility index (Phi) is 10.3. The maximum atomic E-state index is 12.3. The molecular formula is C22H26F3N5O5. The maximum absolute atomic E-state index is 12.3. The van der Waals surface area contributed by atoms with Gasteiger partial charge in [0, 0.05) is 19.2 Å². The first-order valence-electron chi connectivity index (χ1n) is 10.6. The van der Waals surface area contributed by atoms with E-state index in [4.69, 9.17) is 5.11 Å². The lowest BCUT2D eigenvalue weighted by Gasteiger charge is -2.19. The fraction of sp³-hybridized carbons (Fsp3) is 0.364. The molecule has 0 saturated heterocycles. The number of urea groups is 1. The zero-order chi connectivity index (χ0) is 25.8. The van der Waals surface area contributed by atoms with Crippen molar-refractivity contribution in [2.75, 3.05) is 11.9 Å². The highest BCUT2D eigenvalue weighted by Gasteiger charge is 2.31. The number of carbonyl (C=O) groups is 3. The zero-order valence-corrected chi connectivity index (χ0v) is 18.8. The zero-order valence-electron chi connectivity index (χ0n) is 18.8. The molecule has 0 spiro atoms. The third-order valence-corrected chi connectivity index (χ3v) is 4.56. The van der Waals surface area contributed by atoms with E-state index in [0.717, 1.165) is 23.5 Å². The number of nitrogens with one attached hydrogen (secondary N) is 4. The topological polar surface area (TPSA) is 142 Å². The van der Waals surface area contributed by atoms with Crippen LogP contribution in [0, 0.1) is 6.92 Å². The van der Waals surface area contributed by atoms with Gasteiger partial charge in [-0.3, -0.25) is 20.3 Å². The summed E-state index contributed by atoms with van der Waals surface area (Å²) >= 11 is 0. The predicted octanol–water partition coefficient (Wildman–Crippen LogP) is 3.42. The van der Waals surface area contributed by atoms with Gasteiger partial charge in [0.2, 0.25) is 5.91 Å². The van der Waals surface area contributed by atoms with Crippen molar-refractivity contribution < 1.29 is 37.4 Å². The molecule has 1 aromatic heterocycles. The minimum absolute atomic E-state index is 0.0928. The summed E-state index contributed by atoms with van der Waals surface area (Å²) in [6.45, 7) is 2.55. The molecule has 35 heavy (non-hydrogen) atoms. The Labute approximate surface area is 199 Å². The van der Waals surface area contributed by atoms with Crippen LogP contribution in [-0.2, 0) is 9.59 Å². The molecule has 0 aliphatic carbocycles. The van der Waals surface area contributed by atoms with Gasteiger partial charge in [0.25, 0.3) is 0 Å². The summed E-state index contributed by atoms with van der Waals surface area (Å²) in [5.74, 6) is -1.48. The number of carboxylic acids is 1. The van der Waals surface area contributed by atoms with Gasteiger partial charge in [0.05, 0.1) is 12.5 Å². The minimum atomic E-state index is -4.86. The van der Waals surface area contributed by atoms with Gasteiger partial charge in [0.1, 0.15) is 11.6 Å². The van der Waals surface area contributed by atoms with E-state index in [9.17, 15) is 27.6 Å². The molecule has 1 heterocycles. The van der Waals surface area contributed by atoms with Gasteiger partial charge in [-0.1, -0.05) is 12.1 Å². The lowest BCUT2D eigenvalue weighted by atomic mass is 10.0. The van der Waals surface area contributed by atoms with Gasteiger partial charge in [-0.2, -0.15) is 0 Å². The average molecular weight is 497 g/mol. The van der Waals surface area contributed by atoms with Gasteiger partial charge in [-0.15, -0.1) is 13.2 Å². The first-order valence-corrected chi connectivity index (χ1v) is 10.6. The lowest BCUT2D eigenvalue weighted by Crippen LogP contribution is -2.47. The van der Waals surface area contributed by atoms with E-state index >= 15 is 0 Å². The first kappa shape index (κ1) is 27.4. The number of halogens is 3. The minimum Gasteiger partial charge on any atom is -0.481 e. The second-order valence-electron chi connectivity index (χ2n) is 7.52. The molecule has 2 rings (SSSR count). The molecule has 1 unspecified atom stereocenters. The highest BCUT2D eigenvalue weighted by Crippen LogP contribution is 2.25. The number of aryl methyl sites for hydroxylation is 1. The number of hydrogen-bond donors (Lipinski definition) is 5. The quantitative estimate of drug-likeness (QED) is 0.222. The number of imide groups is 1. The van der Waals surface area contributed by atoms with Gasteiger partial charge in [0.15, 0.2) is 0 Å². The number of nitrogens with zero attached hydrogens (tertiary/aromatic N) is 1. The smallest absolute Gasteiger partial charge is 0.481 e. The van der Waals surface area contributed by atoms with Crippen LogP contribution in [-0.4, -0.2) is 40.9 Å². The summed E-state index contributed by atoms with van der Waals surface area (Å²) in [4.78, 5) is 39.2. The Morgan fingerprint density at radius 3 is 2.46 bits per heavy atom. The van der Waals surface area contributed by atoms with E-state index in [0.29, 0.717) is 19.4 Å². The van der Waals surface area contributed by atoms with Crippen molar-refractivity contribution in [1.82, 2.24) is 21.2 Å². The number of pyridine rings is 1. The molecule has 0 fully saturated rings. The number of hydrogen-bond acceptors (Lipinski definition) is 7. The molecule has 190 valence electrons. The van der Waals surface area contributed by atoms with Gasteiger partial charge in [-0.25, -0.2) is 15.2 Å². The highest BCUT2D eigenvalue weighted by atomic mass is 19.4. The number of rotatable bonds is 12. The first-order chi connectivity index (χ1) is 16.5. The summed E-state index contributed by atoms with van der Waals surface area (Å²) in [5, 5.41) is 14.3. The molecule has 2 aromatic rings. The summed E-state index contributed by atoms with van der Waals surface area (Å²) in [5.41, 5.74) is 6.00. The molecule has 0 aliphatic rings. The molecule has 10 nitrogen and oxygen atoms in total. The van der Waals surface area contributed by atoms with Crippen molar-refractivity contribution in [3.8, 4) is 5.75 Å². The van der Waals surface area contributed by atoms with Crippen LogP contribution in [0.25, 0.3) is 0 Å². The number of carbonyl (C=O) groups excluding carboxylic acids is 2. The standard InChI is InChI=1S/C22H26F3N5O5/c1-14-9-11-27-18(12-14)26-10-3-2-4-19(31)28-21(34)30-29-17(13-20(32)33)15-5-7-16(8-6-15)35-22(23,24)25/h5-9,11-12,17,29H,2-4,10,13H2,1H3,(H,26,27)(H,32,33)(H2,28,30,31,34). The largest absolute Gasteiger partial charge is 0.573 e. The van der Waals surface area contributed by atoms with Gasteiger partial charge >= 0.3 is 18.4 Å². The SMILES string of the molecule is Cc1ccnc(NCCCCC(=O)NC(=O)NNC(CC(=O)O)c2ccc(OC(F)(F)F)cc2)c1. The third kappa shape index (κ3) is 11.2. The number of hydrazine groups is 1. The molecule has 0 saturated carbocycles. The number of carboxylic acid groups (broad SMARTS) is 1. The van der Waals surface area contributed by atoms with E-state index < -0.39 is 42.5 Å². The van der Waals surface area contributed by atoms with Gasteiger partial charge < -0.3 is 15.2 Å². The fourth-order valence-electron chi connectivity index (χ4n) is 2.96. The number of benzene rings is 1. The van der Waals surface area contributed by atoms with E-state index in [1.165, 1.54) is 12.1 Å². The molecule has 1 atom stereocenters. The molecule has 5 N–H and O–H groups in total. The third-order valence-electron chi connectivity index (χ3n) is 4.56. The van der Waals surface area contributed by atoms with Crippen LogP contribution in [0.1, 0.15) is 42.9 Å². The van der Waals surface area contributed by atoms with Crippen molar-refractivity contribution >= 4 is 23.7 Å². The Balaban J connectivity index is 1.74. The molecule has 0 bridgehead atoms. The van der Waals surface area contributed by atoms with Crippen LogP contribution < -0.4 is 26.2 Å². The number of aliphatic carboxylic acids is 1. The monoisotopic (exact) mass is 497 g/mol. The molecule has 3 amide bonds. The van der Waals surface area contributed by atoms with E-state index in [1.54, 1.807) is 6.20 Å². The number of aromatic nitrogens is 1. The van der Waals surface area contributed by atoms with Crippen LogP contribution in [0.4, 0.5) is 23.8 Å². The number of alkyl halides is 3. The molecule has 1 aromatic carbocycles. The van der Waals surface area contributed by atoms with Crippen LogP contribution in [0.3, 0.4) is 0 Å². The van der Waals surface area contributed by atoms with Crippen LogP contribution in [0.2, 0.25) is 0 Å². The second kappa shape index (κ2) is 13.1. The average Bonchev–Trinajstić information content (AvgIpc) is 2.76.